The Morgan fingerprint density at radius 1 is 1.42 bits per heavy atom. The summed E-state index contributed by atoms with van der Waals surface area (Å²) in [5.41, 5.74) is 2.11. The second-order valence-electron chi connectivity index (χ2n) is 6.55. The van der Waals surface area contributed by atoms with Gasteiger partial charge in [0.15, 0.2) is 11.9 Å². The first-order valence-corrected chi connectivity index (χ1v) is 8.25. The standard InChI is InChI=1S/C18H23N3O3/c1-11-5-6-12(2)15(9-11)23-13(3)18(22)21(4)10-16-19-17(24-20-16)14-7-8-14/h5-6,9,13-14H,7-8,10H2,1-4H3/t13-/m1/s1. The fourth-order valence-corrected chi connectivity index (χ4v) is 2.50. The van der Waals surface area contributed by atoms with Crippen molar-refractivity contribution in [2.24, 2.45) is 0 Å². The first kappa shape index (κ1) is 16.5. The maximum absolute atomic E-state index is 12.5. The molecule has 0 bridgehead atoms. The Labute approximate surface area is 141 Å². The third-order valence-electron chi connectivity index (χ3n) is 4.16. The van der Waals surface area contributed by atoms with Crippen molar-refractivity contribution in [1.82, 2.24) is 15.0 Å². The normalized spacial score (nSPS) is 15.2. The average molecular weight is 329 g/mol. The Morgan fingerprint density at radius 3 is 2.88 bits per heavy atom. The van der Waals surface area contributed by atoms with Crippen LogP contribution < -0.4 is 4.74 Å². The molecule has 1 atom stereocenters. The molecule has 1 saturated carbocycles. The van der Waals surface area contributed by atoms with Gasteiger partial charge in [0.25, 0.3) is 5.91 Å². The van der Waals surface area contributed by atoms with E-state index >= 15 is 0 Å². The van der Waals surface area contributed by atoms with Crippen LogP contribution in [0.1, 0.15) is 48.5 Å². The SMILES string of the molecule is Cc1ccc(C)c(O[C@H](C)C(=O)N(C)Cc2noc(C3CC3)n2)c1. The molecule has 0 saturated heterocycles. The molecule has 6 heteroatoms. The highest BCUT2D eigenvalue weighted by Gasteiger charge is 2.30. The van der Waals surface area contributed by atoms with Crippen LogP contribution >= 0.6 is 0 Å². The van der Waals surface area contributed by atoms with Crippen molar-refractivity contribution in [2.75, 3.05) is 7.05 Å². The number of hydrogen-bond donors (Lipinski definition) is 0. The van der Waals surface area contributed by atoms with Crippen molar-refractivity contribution < 1.29 is 14.1 Å². The molecule has 0 aliphatic heterocycles. The van der Waals surface area contributed by atoms with Gasteiger partial charge in [-0.25, -0.2) is 0 Å². The number of carbonyl (C=O) groups is 1. The van der Waals surface area contributed by atoms with E-state index in [-0.39, 0.29) is 5.91 Å². The minimum atomic E-state index is -0.578. The number of carbonyl (C=O) groups excluding carboxylic acids is 1. The molecule has 24 heavy (non-hydrogen) atoms. The lowest BCUT2D eigenvalue weighted by molar-refractivity contribution is -0.137. The van der Waals surface area contributed by atoms with Gasteiger partial charge in [-0.2, -0.15) is 4.98 Å². The van der Waals surface area contributed by atoms with Gasteiger partial charge in [-0.15, -0.1) is 0 Å². The molecule has 128 valence electrons. The highest BCUT2D eigenvalue weighted by molar-refractivity contribution is 5.80. The van der Waals surface area contributed by atoms with Gasteiger partial charge in [0, 0.05) is 13.0 Å². The summed E-state index contributed by atoms with van der Waals surface area (Å²) in [6, 6.07) is 5.96. The average Bonchev–Trinajstić information content (AvgIpc) is 3.30. The molecule has 1 heterocycles. The highest BCUT2D eigenvalue weighted by Crippen LogP contribution is 2.38. The summed E-state index contributed by atoms with van der Waals surface area (Å²) < 4.78 is 11.1. The van der Waals surface area contributed by atoms with Crippen LogP contribution in [0.4, 0.5) is 0 Å². The van der Waals surface area contributed by atoms with Gasteiger partial charge in [-0.3, -0.25) is 4.79 Å². The van der Waals surface area contributed by atoms with E-state index in [2.05, 4.69) is 10.1 Å². The minimum absolute atomic E-state index is 0.117. The zero-order valence-corrected chi connectivity index (χ0v) is 14.6. The molecule has 2 aromatic rings. The molecule has 0 radical (unpaired) electrons. The molecule has 1 fully saturated rings. The van der Waals surface area contributed by atoms with Crippen LogP contribution in [0.15, 0.2) is 22.7 Å². The van der Waals surface area contributed by atoms with Crippen LogP contribution in [-0.4, -0.2) is 34.1 Å². The van der Waals surface area contributed by atoms with Crippen LogP contribution in [0, 0.1) is 13.8 Å². The molecule has 1 amide bonds. The van der Waals surface area contributed by atoms with E-state index in [1.54, 1.807) is 18.9 Å². The maximum atomic E-state index is 12.5. The van der Waals surface area contributed by atoms with E-state index in [0.717, 1.165) is 29.7 Å². The first-order chi connectivity index (χ1) is 11.4. The van der Waals surface area contributed by atoms with Crippen molar-refractivity contribution >= 4 is 5.91 Å². The summed E-state index contributed by atoms with van der Waals surface area (Å²) in [7, 11) is 1.72. The molecule has 1 aliphatic rings. The summed E-state index contributed by atoms with van der Waals surface area (Å²) >= 11 is 0. The highest BCUT2D eigenvalue weighted by atomic mass is 16.5. The Morgan fingerprint density at radius 2 is 2.17 bits per heavy atom. The zero-order valence-electron chi connectivity index (χ0n) is 14.6. The van der Waals surface area contributed by atoms with Crippen LogP contribution in [0.2, 0.25) is 0 Å². The van der Waals surface area contributed by atoms with E-state index < -0.39 is 6.10 Å². The number of rotatable bonds is 6. The van der Waals surface area contributed by atoms with E-state index in [0.29, 0.717) is 24.2 Å². The van der Waals surface area contributed by atoms with Gasteiger partial charge >= 0.3 is 0 Å². The lowest BCUT2D eigenvalue weighted by Gasteiger charge is -2.21. The van der Waals surface area contributed by atoms with Gasteiger partial charge in [-0.1, -0.05) is 17.3 Å². The molecular formula is C18H23N3O3. The third kappa shape index (κ3) is 3.75. The number of ether oxygens (including phenoxy) is 1. The Kier molecular flexibility index (Phi) is 4.55. The second kappa shape index (κ2) is 6.63. The summed E-state index contributed by atoms with van der Waals surface area (Å²) in [4.78, 5) is 18.4. The Hall–Kier alpha value is -2.37. The topological polar surface area (TPSA) is 68.5 Å². The predicted octanol–water partition coefficient (Wildman–Crippen LogP) is 2.99. The monoisotopic (exact) mass is 329 g/mol. The lowest BCUT2D eigenvalue weighted by Crippen LogP contribution is -2.37. The summed E-state index contributed by atoms with van der Waals surface area (Å²) in [6.07, 6.45) is 1.64. The van der Waals surface area contributed by atoms with Gasteiger partial charge in [0.2, 0.25) is 5.89 Å². The first-order valence-electron chi connectivity index (χ1n) is 8.25. The Bertz CT molecular complexity index is 737. The van der Waals surface area contributed by atoms with Crippen molar-refractivity contribution in [3.8, 4) is 5.75 Å². The number of aryl methyl sites for hydroxylation is 2. The molecule has 3 rings (SSSR count). The summed E-state index contributed by atoms with van der Waals surface area (Å²) in [6.45, 7) is 6.04. The Balaban J connectivity index is 1.60. The molecule has 6 nitrogen and oxygen atoms in total. The van der Waals surface area contributed by atoms with Crippen molar-refractivity contribution in [1.29, 1.82) is 0 Å². The van der Waals surface area contributed by atoms with Crippen LogP contribution in [-0.2, 0) is 11.3 Å². The fourth-order valence-electron chi connectivity index (χ4n) is 2.50. The maximum Gasteiger partial charge on any atom is 0.263 e. The molecule has 1 aromatic carbocycles. The van der Waals surface area contributed by atoms with Gasteiger partial charge < -0.3 is 14.2 Å². The molecule has 0 unspecified atom stereocenters. The molecule has 1 aliphatic carbocycles. The van der Waals surface area contributed by atoms with E-state index in [1.807, 2.05) is 32.0 Å². The van der Waals surface area contributed by atoms with E-state index in [1.165, 1.54) is 0 Å². The molecule has 0 spiro atoms. The van der Waals surface area contributed by atoms with Crippen LogP contribution in [0.5, 0.6) is 5.75 Å². The largest absolute Gasteiger partial charge is 0.481 e. The van der Waals surface area contributed by atoms with Gasteiger partial charge in [-0.05, 0) is 50.8 Å². The number of aromatic nitrogens is 2. The number of benzene rings is 1. The molecule has 1 aromatic heterocycles. The van der Waals surface area contributed by atoms with Gasteiger partial charge in [0.1, 0.15) is 5.75 Å². The quantitative estimate of drug-likeness (QED) is 0.815. The molecular weight excluding hydrogens is 306 g/mol. The number of hydrogen-bond acceptors (Lipinski definition) is 5. The third-order valence-corrected chi connectivity index (χ3v) is 4.16. The smallest absolute Gasteiger partial charge is 0.263 e. The number of amides is 1. The van der Waals surface area contributed by atoms with E-state index in [4.69, 9.17) is 9.26 Å². The van der Waals surface area contributed by atoms with Crippen LogP contribution in [0.25, 0.3) is 0 Å². The second-order valence-corrected chi connectivity index (χ2v) is 6.55. The van der Waals surface area contributed by atoms with Crippen molar-refractivity contribution in [2.45, 2.75) is 52.2 Å². The number of nitrogens with zero attached hydrogens (tertiary/aromatic N) is 3. The van der Waals surface area contributed by atoms with Crippen LogP contribution in [0.3, 0.4) is 0 Å². The van der Waals surface area contributed by atoms with Crippen molar-refractivity contribution in [3.63, 3.8) is 0 Å². The number of likely N-dealkylation sites (N-methyl/N-ethyl adjacent to an activating group) is 1. The predicted molar refractivity (Wildman–Crippen MR) is 88.8 cm³/mol. The van der Waals surface area contributed by atoms with E-state index in [9.17, 15) is 4.79 Å². The summed E-state index contributed by atoms with van der Waals surface area (Å²) in [5, 5.41) is 3.95. The minimum Gasteiger partial charge on any atom is -0.481 e. The molecule has 0 N–H and O–H groups in total. The lowest BCUT2D eigenvalue weighted by atomic mass is 10.1. The zero-order chi connectivity index (χ0) is 17.3. The van der Waals surface area contributed by atoms with Gasteiger partial charge in [0.05, 0.1) is 6.54 Å². The van der Waals surface area contributed by atoms with Crippen molar-refractivity contribution in [3.05, 3.63) is 41.0 Å². The fraction of sp³-hybridized carbons (Fsp3) is 0.500. The summed E-state index contributed by atoms with van der Waals surface area (Å²) in [5.74, 6) is 2.25.